The average Bonchev–Trinajstić information content (AvgIpc) is 2.41. The van der Waals surface area contributed by atoms with Gasteiger partial charge in [0.25, 0.3) is 0 Å². The first-order valence-corrected chi connectivity index (χ1v) is 7.34. The SMILES string of the molecule is C[C@H](O)c1ccc(N(C)CC2CCN(C)CC2)c(F)c1. The number of hydrogen-bond donors (Lipinski definition) is 1. The Bertz CT molecular complexity index is 442. The second-order valence-electron chi connectivity index (χ2n) is 6.01. The number of likely N-dealkylation sites (tertiary alicyclic amines) is 1. The van der Waals surface area contributed by atoms with Crippen LogP contribution in [0.4, 0.5) is 10.1 Å². The Morgan fingerprint density at radius 2 is 2.05 bits per heavy atom. The van der Waals surface area contributed by atoms with Gasteiger partial charge in [-0.2, -0.15) is 0 Å². The summed E-state index contributed by atoms with van der Waals surface area (Å²) in [7, 11) is 4.09. The van der Waals surface area contributed by atoms with Crippen molar-refractivity contribution in [3.8, 4) is 0 Å². The monoisotopic (exact) mass is 280 g/mol. The third-order valence-electron chi connectivity index (χ3n) is 4.24. The minimum atomic E-state index is -0.627. The first kappa shape index (κ1) is 15.3. The normalized spacial score (nSPS) is 19.1. The van der Waals surface area contributed by atoms with E-state index in [1.807, 2.05) is 11.9 Å². The summed E-state index contributed by atoms with van der Waals surface area (Å²) in [4.78, 5) is 4.34. The van der Waals surface area contributed by atoms with E-state index in [4.69, 9.17) is 0 Å². The van der Waals surface area contributed by atoms with E-state index in [0.29, 0.717) is 17.2 Å². The molecule has 0 aromatic heterocycles. The van der Waals surface area contributed by atoms with E-state index >= 15 is 0 Å². The molecule has 1 aromatic carbocycles. The molecule has 0 bridgehead atoms. The van der Waals surface area contributed by atoms with Crippen LogP contribution in [0.2, 0.25) is 0 Å². The zero-order valence-electron chi connectivity index (χ0n) is 12.6. The van der Waals surface area contributed by atoms with Crippen LogP contribution in [0.15, 0.2) is 18.2 Å². The molecule has 1 heterocycles. The molecule has 1 aliphatic rings. The van der Waals surface area contributed by atoms with Crippen molar-refractivity contribution in [2.24, 2.45) is 5.92 Å². The molecular weight excluding hydrogens is 255 g/mol. The van der Waals surface area contributed by atoms with Gasteiger partial charge in [-0.3, -0.25) is 0 Å². The third kappa shape index (κ3) is 3.70. The summed E-state index contributed by atoms with van der Waals surface area (Å²) in [5, 5.41) is 9.48. The summed E-state index contributed by atoms with van der Waals surface area (Å²) >= 11 is 0. The smallest absolute Gasteiger partial charge is 0.146 e. The molecule has 0 saturated carbocycles. The lowest BCUT2D eigenvalue weighted by atomic mass is 9.96. The first-order chi connectivity index (χ1) is 9.47. The van der Waals surface area contributed by atoms with E-state index in [2.05, 4.69) is 11.9 Å². The molecule has 0 spiro atoms. The maximum absolute atomic E-state index is 14.1. The number of nitrogens with zero attached hydrogens (tertiary/aromatic N) is 2. The van der Waals surface area contributed by atoms with Crippen molar-refractivity contribution < 1.29 is 9.50 Å². The van der Waals surface area contributed by atoms with E-state index < -0.39 is 6.10 Å². The molecule has 4 heteroatoms. The van der Waals surface area contributed by atoms with Crippen molar-refractivity contribution in [1.29, 1.82) is 0 Å². The zero-order valence-corrected chi connectivity index (χ0v) is 12.6. The molecule has 20 heavy (non-hydrogen) atoms. The fourth-order valence-corrected chi connectivity index (χ4v) is 2.82. The highest BCUT2D eigenvalue weighted by Gasteiger charge is 2.19. The highest BCUT2D eigenvalue weighted by Crippen LogP contribution is 2.25. The summed E-state index contributed by atoms with van der Waals surface area (Å²) in [6.45, 7) is 4.79. The molecular formula is C16H25FN2O. The molecule has 3 nitrogen and oxygen atoms in total. The largest absolute Gasteiger partial charge is 0.389 e. The summed E-state index contributed by atoms with van der Waals surface area (Å²) in [6.07, 6.45) is 1.72. The molecule has 0 radical (unpaired) electrons. The van der Waals surface area contributed by atoms with Crippen LogP contribution in [0.5, 0.6) is 0 Å². The fourth-order valence-electron chi connectivity index (χ4n) is 2.82. The van der Waals surface area contributed by atoms with Crippen LogP contribution in [-0.4, -0.2) is 43.7 Å². The van der Waals surface area contributed by atoms with Gasteiger partial charge < -0.3 is 14.9 Å². The second-order valence-corrected chi connectivity index (χ2v) is 6.01. The van der Waals surface area contributed by atoms with Gasteiger partial charge in [-0.15, -0.1) is 0 Å². The van der Waals surface area contributed by atoms with Crippen LogP contribution in [0.3, 0.4) is 0 Å². The Balaban J connectivity index is 2.00. The van der Waals surface area contributed by atoms with Gasteiger partial charge >= 0.3 is 0 Å². The Morgan fingerprint density at radius 3 is 2.60 bits per heavy atom. The van der Waals surface area contributed by atoms with E-state index in [9.17, 15) is 9.50 Å². The predicted octanol–water partition coefficient (Wildman–Crippen LogP) is 2.66. The minimum absolute atomic E-state index is 0.251. The maximum atomic E-state index is 14.1. The van der Waals surface area contributed by atoms with Crippen molar-refractivity contribution in [2.75, 3.05) is 38.6 Å². The fraction of sp³-hybridized carbons (Fsp3) is 0.625. The molecule has 1 aromatic rings. The molecule has 1 fully saturated rings. The summed E-state index contributed by atoms with van der Waals surface area (Å²) < 4.78 is 14.1. The molecule has 1 N–H and O–H groups in total. The Labute approximate surface area is 121 Å². The number of anilines is 1. The van der Waals surface area contributed by atoms with Crippen LogP contribution in [0, 0.1) is 11.7 Å². The van der Waals surface area contributed by atoms with E-state index in [1.54, 1.807) is 19.1 Å². The number of hydrogen-bond acceptors (Lipinski definition) is 3. The van der Waals surface area contributed by atoms with Crippen LogP contribution in [0.25, 0.3) is 0 Å². The minimum Gasteiger partial charge on any atom is -0.389 e. The van der Waals surface area contributed by atoms with Gasteiger partial charge in [0, 0.05) is 13.6 Å². The topological polar surface area (TPSA) is 26.7 Å². The molecule has 1 atom stereocenters. The average molecular weight is 280 g/mol. The lowest BCUT2D eigenvalue weighted by molar-refractivity contribution is 0.199. The predicted molar refractivity (Wildman–Crippen MR) is 80.5 cm³/mol. The van der Waals surface area contributed by atoms with E-state index in [1.165, 1.54) is 18.9 Å². The van der Waals surface area contributed by atoms with Gasteiger partial charge in [0.1, 0.15) is 5.82 Å². The molecule has 0 unspecified atom stereocenters. The Kier molecular flexibility index (Phi) is 5.00. The number of benzene rings is 1. The molecule has 1 saturated heterocycles. The Hall–Kier alpha value is -1.13. The maximum Gasteiger partial charge on any atom is 0.146 e. The lowest BCUT2D eigenvalue weighted by Gasteiger charge is -2.32. The molecule has 1 aliphatic heterocycles. The van der Waals surface area contributed by atoms with Crippen molar-refractivity contribution in [3.63, 3.8) is 0 Å². The molecule has 112 valence electrons. The van der Waals surface area contributed by atoms with Crippen LogP contribution in [0.1, 0.15) is 31.4 Å². The van der Waals surface area contributed by atoms with Gasteiger partial charge in [0.05, 0.1) is 11.8 Å². The summed E-state index contributed by atoms with van der Waals surface area (Å²) in [6, 6.07) is 5.01. The zero-order chi connectivity index (χ0) is 14.7. The summed E-state index contributed by atoms with van der Waals surface area (Å²) in [5.74, 6) is 0.380. The first-order valence-electron chi connectivity index (χ1n) is 7.34. The van der Waals surface area contributed by atoms with E-state index in [0.717, 1.165) is 19.6 Å². The Morgan fingerprint density at radius 1 is 1.40 bits per heavy atom. The third-order valence-corrected chi connectivity index (χ3v) is 4.24. The number of rotatable bonds is 4. The van der Waals surface area contributed by atoms with Crippen molar-refractivity contribution in [1.82, 2.24) is 4.90 Å². The van der Waals surface area contributed by atoms with Crippen molar-refractivity contribution in [3.05, 3.63) is 29.6 Å². The quantitative estimate of drug-likeness (QED) is 0.918. The molecule has 0 amide bonds. The van der Waals surface area contributed by atoms with Crippen LogP contribution < -0.4 is 4.90 Å². The lowest BCUT2D eigenvalue weighted by Crippen LogP contribution is -2.36. The van der Waals surface area contributed by atoms with Gasteiger partial charge in [-0.1, -0.05) is 6.07 Å². The standard InChI is InChI=1S/C16H25FN2O/c1-12(20)14-4-5-16(15(17)10-14)19(3)11-13-6-8-18(2)9-7-13/h4-5,10,12-13,20H,6-9,11H2,1-3H3/t12-/m0/s1. The van der Waals surface area contributed by atoms with Crippen molar-refractivity contribution in [2.45, 2.75) is 25.9 Å². The molecule has 2 rings (SSSR count). The van der Waals surface area contributed by atoms with Crippen molar-refractivity contribution >= 4 is 5.69 Å². The van der Waals surface area contributed by atoms with Gasteiger partial charge in [-0.05, 0) is 63.5 Å². The van der Waals surface area contributed by atoms with Gasteiger partial charge in [0.15, 0.2) is 0 Å². The van der Waals surface area contributed by atoms with Gasteiger partial charge in [-0.25, -0.2) is 4.39 Å². The number of piperidine rings is 1. The van der Waals surface area contributed by atoms with Gasteiger partial charge in [0.2, 0.25) is 0 Å². The molecule has 0 aliphatic carbocycles. The summed E-state index contributed by atoms with van der Waals surface area (Å²) in [5.41, 5.74) is 1.24. The highest BCUT2D eigenvalue weighted by atomic mass is 19.1. The number of aliphatic hydroxyl groups is 1. The van der Waals surface area contributed by atoms with Crippen LogP contribution in [-0.2, 0) is 0 Å². The van der Waals surface area contributed by atoms with Crippen LogP contribution >= 0.6 is 0 Å². The highest BCUT2D eigenvalue weighted by molar-refractivity contribution is 5.48. The number of aliphatic hydroxyl groups excluding tert-OH is 1. The second kappa shape index (κ2) is 6.55. The van der Waals surface area contributed by atoms with E-state index in [-0.39, 0.29) is 5.82 Å². The number of halogens is 1.